The molecule has 1 rings (SSSR count). The highest BCUT2D eigenvalue weighted by Gasteiger charge is 1.98. The quantitative estimate of drug-likeness (QED) is 0.720. The van der Waals surface area contributed by atoms with Gasteiger partial charge in [-0.3, -0.25) is 0 Å². The number of nitrogens with zero attached hydrogens (tertiary/aromatic N) is 1. The molecule has 0 aromatic carbocycles. The summed E-state index contributed by atoms with van der Waals surface area (Å²) >= 11 is 0. The molecule has 1 heterocycles. The van der Waals surface area contributed by atoms with Gasteiger partial charge in [-0.15, -0.1) is 0 Å². The third kappa shape index (κ3) is 2.18. The van der Waals surface area contributed by atoms with Crippen molar-refractivity contribution in [1.82, 2.24) is 4.98 Å². The predicted octanol–water partition coefficient (Wildman–Crippen LogP) is 2.04. The number of hydrogen-bond donors (Lipinski definition) is 1. The zero-order chi connectivity index (χ0) is 8.10. The van der Waals surface area contributed by atoms with Crippen molar-refractivity contribution >= 4 is 5.82 Å². The average molecular weight is 154 g/mol. The fraction of sp³-hybridized carbons (Fsp3) is 0.375. The van der Waals surface area contributed by atoms with Crippen LogP contribution in [-0.4, -0.2) is 11.5 Å². The van der Waals surface area contributed by atoms with Crippen LogP contribution in [0.1, 0.15) is 13.3 Å². The molecule has 1 N–H and O–H groups in total. The highest BCUT2D eigenvalue weighted by Crippen LogP contribution is 2.07. The Morgan fingerprint density at radius 1 is 1.64 bits per heavy atom. The fourth-order valence-electron chi connectivity index (χ4n) is 0.759. The molecule has 0 amide bonds. The summed E-state index contributed by atoms with van der Waals surface area (Å²) in [5, 5.41) is 2.88. The fourth-order valence-corrected chi connectivity index (χ4v) is 0.759. The summed E-state index contributed by atoms with van der Waals surface area (Å²) < 4.78 is 12.8. The van der Waals surface area contributed by atoms with E-state index >= 15 is 0 Å². The maximum atomic E-state index is 12.8. The molecule has 0 spiro atoms. The van der Waals surface area contributed by atoms with E-state index in [-0.39, 0.29) is 5.82 Å². The van der Waals surface area contributed by atoms with E-state index in [2.05, 4.69) is 10.3 Å². The second-order valence-electron chi connectivity index (χ2n) is 2.26. The van der Waals surface area contributed by atoms with Gasteiger partial charge in [0.05, 0.1) is 0 Å². The first kappa shape index (κ1) is 7.98. The van der Waals surface area contributed by atoms with Crippen molar-refractivity contribution in [3.63, 3.8) is 0 Å². The molecule has 0 aliphatic heterocycles. The van der Waals surface area contributed by atoms with Gasteiger partial charge in [-0.05, 0) is 18.6 Å². The molecule has 0 saturated carbocycles. The maximum Gasteiger partial charge on any atom is 0.165 e. The summed E-state index contributed by atoms with van der Waals surface area (Å²) in [6.07, 6.45) is 2.54. The van der Waals surface area contributed by atoms with Crippen molar-refractivity contribution in [2.75, 3.05) is 11.9 Å². The summed E-state index contributed by atoms with van der Waals surface area (Å²) in [5.74, 6) is 0.0512. The summed E-state index contributed by atoms with van der Waals surface area (Å²) in [6.45, 7) is 2.78. The van der Waals surface area contributed by atoms with Gasteiger partial charge in [-0.25, -0.2) is 9.37 Å². The Balaban J connectivity index is 2.62. The van der Waals surface area contributed by atoms with Gasteiger partial charge in [0.15, 0.2) is 11.6 Å². The van der Waals surface area contributed by atoms with E-state index in [1.54, 1.807) is 12.3 Å². The molecule has 0 unspecified atom stereocenters. The van der Waals surface area contributed by atoms with Gasteiger partial charge in [0.25, 0.3) is 0 Å². The number of pyridine rings is 1. The van der Waals surface area contributed by atoms with Gasteiger partial charge in [-0.1, -0.05) is 6.92 Å². The van der Waals surface area contributed by atoms with Crippen LogP contribution >= 0.6 is 0 Å². The highest BCUT2D eigenvalue weighted by molar-refractivity contribution is 5.34. The summed E-state index contributed by atoms with van der Waals surface area (Å²) in [4.78, 5) is 3.83. The van der Waals surface area contributed by atoms with Gasteiger partial charge in [0, 0.05) is 12.7 Å². The van der Waals surface area contributed by atoms with Gasteiger partial charge in [0.2, 0.25) is 0 Å². The second-order valence-corrected chi connectivity index (χ2v) is 2.26. The zero-order valence-electron chi connectivity index (χ0n) is 6.47. The second kappa shape index (κ2) is 3.91. The largest absolute Gasteiger partial charge is 0.368 e. The van der Waals surface area contributed by atoms with E-state index in [1.165, 1.54) is 6.07 Å². The maximum absolute atomic E-state index is 12.8. The van der Waals surface area contributed by atoms with Crippen molar-refractivity contribution in [1.29, 1.82) is 0 Å². The number of anilines is 1. The molecule has 0 aliphatic carbocycles. The summed E-state index contributed by atoms with van der Waals surface area (Å²) in [6, 6.07) is 2.97. The third-order valence-corrected chi connectivity index (χ3v) is 1.30. The van der Waals surface area contributed by atoms with Crippen LogP contribution in [0, 0.1) is 5.82 Å². The molecule has 3 heteroatoms. The molecule has 0 radical (unpaired) electrons. The number of rotatable bonds is 3. The van der Waals surface area contributed by atoms with E-state index in [1.807, 2.05) is 6.92 Å². The van der Waals surface area contributed by atoms with Gasteiger partial charge >= 0.3 is 0 Å². The van der Waals surface area contributed by atoms with E-state index in [0.717, 1.165) is 13.0 Å². The number of hydrogen-bond acceptors (Lipinski definition) is 2. The van der Waals surface area contributed by atoms with Crippen LogP contribution in [0.3, 0.4) is 0 Å². The van der Waals surface area contributed by atoms with Crippen molar-refractivity contribution in [3.8, 4) is 0 Å². The smallest absolute Gasteiger partial charge is 0.165 e. The molecule has 60 valence electrons. The van der Waals surface area contributed by atoms with Gasteiger partial charge < -0.3 is 5.32 Å². The standard InChI is InChI=1S/C8H11FN2/c1-2-5-10-8-7(9)4-3-6-11-8/h3-4,6H,2,5H2,1H3,(H,10,11). The number of aromatic nitrogens is 1. The Morgan fingerprint density at radius 3 is 3.09 bits per heavy atom. The van der Waals surface area contributed by atoms with Crippen LogP contribution in [0.15, 0.2) is 18.3 Å². The minimum absolute atomic E-state index is 0.291. The first-order valence-electron chi connectivity index (χ1n) is 3.69. The van der Waals surface area contributed by atoms with E-state index < -0.39 is 0 Å². The monoisotopic (exact) mass is 154 g/mol. The molecular formula is C8H11FN2. The lowest BCUT2D eigenvalue weighted by Gasteiger charge is -2.02. The van der Waals surface area contributed by atoms with Gasteiger partial charge in [-0.2, -0.15) is 0 Å². The topological polar surface area (TPSA) is 24.9 Å². The first-order valence-corrected chi connectivity index (χ1v) is 3.69. The Bertz CT molecular complexity index is 225. The SMILES string of the molecule is CCCNc1ncccc1F. The lowest BCUT2D eigenvalue weighted by molar-refractivity contribution is 0.624. The van der Waals surface area contributed by atoms with Crippen LogP contribution in [0.5, 0.6) is 0 Å². The first-order chi connectivity index (χ1) is 5.34. The molecule has 0 bridgehead atoms. The Morgan fingerprint density at radius 2 is 2.45 bits per heavy atom. The van der Waals surface area contributed by atoms with E-state index in [0.29, 0.717) is 5.82 Å². The minimum Gasteiger partial charge on any atom is -0.368 e. The molecular weight excluding hydrogens is 143 g/mol. The van der Waals surface area contributed by atoms with E-state index in [9.17, 15) is 4.39 Å². The van der Waals surface area contributed by atoms with Crippen molar-refractivity contribution in [2.45, 2.75) is 13.3 Å². The average Bonchev–Trinajstić information content (AvgIpc) is 2.03. The highest BCUT2D eigenvalue weighted by atomic mass is 19.1. The van der Waals surface area contributed by atoms with Crippen molar-refractivity contribution < 1.29 is 4.39 Å². The third-order valence-electron chi connectivity index (χ3n) is 1.30. The number of nitrogens with one attached hydrogen (secondary N) is 1. The van der Waals surface area contributed by atoms with Crippen molar-refractivity contribution in [2.24, 2.45) is 0 Å². The molecule has 1 aromatic rings. The lowest BCUT2D eigenvalue weighted by Crippen LogP contribution is -2.03. The molecule has 0 fully saturated rings. The number of halogens is 1. The Hall–Kier alpha value is -1.12. The van der Waals surface area contributed by atoms with Crippen LogP contribution in [0.25, 0.3) is 0 Å². The Kier molecular flexibility index (Phi) is 2.83. The molecule has 1 aromatic heterocycles. The minimum atomic E-state index is -0.291. The molecule has 0 saturated heterocycles. The molecule has 0 aliphatic rings. The van der Waals surface area contributed by atoms with Gasteiger partial charge in [0.1, 0.15) is 0 Å². The lowest BCUT2D eigenvalue weighted by atomic mass is 10.4. The Labute approximate surface area is 65.5 Å². The molecule has 11 heavy (non-hydrogen) atoms. The summed E-state index contributed by atoms with van der Waals surface area (Å²) in [7, 11) is 0. The van der Waals surface area contributed by atoms with Crippen LogP contribution < -0.4 is 5.32 Å². The predicted molar refractivity (Wildman–Crippen MR) is 43.0 cm³/mol. The van der Waals surface area contributed by atoms with Crippen molar-refractivity contribution in [3.05, 3.63) is 24.1 Å². The normalized spacial score (nSPS) is 9.64. The zero-order valence-corrected chi connectivity index (χ0v) is 6.47. The van der Waals surface area contributed by atoms with Crippen LogP contribution in [0.2, 0.25) is 0 Å². The van der Waals surface area contributed by atoms with Crippen LogP contribution in [0.4, 0.5) is 10.2 Å². The summed E-state index contributed by atoms with van der Waals surface area (Å²) in [5.41, 5.74) is 0. The van der Waals surface area contributed by atoms with E-state index in [4.69, 9.17) is 0 Å². The molecule has 0 atom stereocenters. The molecule has 2 nitrogen and oxygen atoms in total. The van der Waals surface area contributed by atoms with Crippen LogP contribution in [-0.2, 0) is 0 Å².